The summed E-state index contributed by atoms with van der Waals surface area (Å²) in [5.41, 5.74) is 6.28. The molecule has 0 unspecified atom stereocenters. The number of imidazole rings is 1. The van der Waals surface area contributed by atoms with Crippen LogP contribution >= 0.6 is 23.2 Å². The van der Waals surface area contributed by atoms with Crippen LogP contribution in [0.2, 0.25) is 10.0 Å². The van der Waals surface area contributed by atoms with E-state index in [1.807, 2.05) is 24.3 Å². The molecule has 1 fully saturated rings. The maximum absolute atomic E-state index is 13.2. The van der Waals surface area contributed by atoms with E-state index in [0.29, 0.717) is 53.3 Å². The van der Waals surface area contributed by atoms with Gasteiger partial charge in [0, 0.05) is 48.3 Å². The van der Waals surface area contributed by atoms with E-state index in [1.165, 1.54) is 0 Å². The number of hydrogen-bond acceptors (Lipinski definition) is 7. The van der Waals surface area contributed by atoms with Gasteiger partial charge in [-0.05, 0) is 30.3 Å². The Morgan fingerprint density at radius 2 is 1.95 bits per heavy atom. The summed E-state index contributed by atoms with van der Waals surface area (Å²) in [6.07, 6.45) is 0.227. The first-order valence-corrected chi connectivity index (χ1v) is 12.1. The second kappa shape index (κ2) is 12.1. The van der Waals surface area contributed by atoms with Gasteiger partial charge in [-0.3, -0.25) is 10.2 Å². The Balaban J connectivity index is 1.67. The lowest BCUT2D eigenvalue weighted by atomic mass is 10.0. The Labute approximate surface area is 223 Å². The third-order valence-corrected chi connectivity index (χ3v) is 6.12. The maximum Gasteiger partial charge on any atom is 0.301 e. The fraction of sp³-hybridized carbons (Fsp3) is 0.280. The van der Waals surface area contributed by atoms with E-state index in [9.17, 15) is 14.9 Å². The van der Waals surface area contributed by atoms with Crippen LogP contribution in [0, 0.1) is 22.0 Å². The minimum absolute atomic E-state index is 0.0897. The number of ether oxygens (including phenoxy) is 1. The highest BCUT2D eigenvalue weighted by molar-refractivity contribution is 6.36. The Bertz CT molecular complexity index is 1360. The van der Waals surface area contributed by atoms with Crippen molar-refractivity contribution in [3.05, 3.63) is 74.0 Å². The van der Waals surface area contributed by atoms with Crippen molar-refractivity contribution in [3.8, 4) is 34.4 Å². The normalized spacial score (nSPS) is 13.5. The van der Waals surface area contributed by atoms with Crippen LogP contribution in [0.5, 0.6) is 0 Å². The molecular weight excluding hydrogens is 521 g/mol. The molecule has 12 heteroatoms. The van der Waals surface area contributed by atoms with Crippen molar-refractivity contribution in [2.75, 3.05) is 32.9 Å². The number of rotatable bonds is 7. The molecule has 3 aromatic rings. The first kappa shape index (κ1) is 26.4. The van der Waals surface area contributed by atoms with Gasteiger partial charge in [-0.25, -0.2) is 9.99 Å². The van der Waals surface area contributed by atoms with Crippen LogP contribution < -0.4 is 5.43 Å². The molecule has 1 aliphatic rings. The van der Waals surface area contributed by atoms with Crippen LogP contribution in [-0.2, 0) is 16.6 Å². The molecule has 1 N–H and O–H groups in total. The molecule has 1 aromatic heterocycles. The number of hydrazine groups is 1. The number of morpholine rings is 1. The molecule has 37 heavy (non-hydrogen) atoms. The van der Waals surface area contributed by atoms with Crippen molar-refractivity contribution in [1.82, 2.24) is 20.0 Å². The standard InChI is InChI=1S/C25H23Cl2N5O5/c1-30-23(18-7-5-17(6-8-18)4-2-3-13-37-32(34)35)22(20-10-9-19(26)16-21(20)27)28-24(30)25(33)29-31-11-14-36-15-12-31/h5-10,16H,3,11-15H2,1H3,(H,29,33). The predicted molar refractivity (Wildman–Crippen MR) is 138 cm³/mol. The van der Waals surface area contributed by atoms with Crippen LogP contribution in [0.25, 0.3) is 22.5 Å². The number of hydrogen-bond donors (Lipinski definition) is 1. The number of nitrogens with one attached hydrogen (secondary N) is 1. The molecular formula is C25H23Cl2N5O5. The summed E-state index contributed by atoms with van der Waals surface area (Å²) in [5, 5.41) is 12.1. The quantitative estimate of drug-likeness (QED) is 0.207. The van der Waals surface area contributed by atoms with Crippen LogP contribution in [0.4, 0.5) is 0 Å². The van der Waals surface area contributed by atoms with Crippen LogP contribution in [-0.4, -0.2) is 58.5 Å². The molecule has 1 saturated heterocycles. The Morgan fingerprint density at radius 3 is 2.62 bits per heavy atom. The van der Waals surface area contributed by atoms with Gasteiger partial charge in [-0.15, -0.1) is 10.1 Å². The van der Waals surface area contributed by atoms with Crippen LogP contribution in [0.3, 0.4) is 0 Å². The van der Waals surface area contributed by atoms with Crippen molar-refractivity contribution in [2.45, 2.75) is 6.42 Å². The number of halogens is 2. The summed E-state index contributed by atoms with van der Waals surface area (Å²) in [5.74, 6) is 5.67. The van der Waals surface area contributed by atoms with Gasteiger partial charge < -0.3 is 14.1 Å². The van der Waals surface area contributed by atoms with Crippen molar-refractivity contribution in [3.63, 3.8) is 0 Å². The SMILES string of the molecule is Cn1c(C(=O)NN2CCOCC2)nc(-c2ccc(Cl)cc2Cl)c1-c1ccc(C#CCCO[N+](=O)[O-])cc1. The average molecular weight is 544 g/mol. The molecule has 2 aromatic carbocycles. The van der Waals surface area contributed by atoms with Gasteiger partial charge in [0.2, 0.25) is 5.82 Å². The monoisotopic (exact) mass is 543 g/mol. The predicted octanol–water partition coefficient (Wildman–Crippen LogP) is 3.99. The van der Waals surface area contributed by atoms with Crippen LogP contribution in [0.15, 0.2) is 42.5 Å². The molecule has 0 bridgehead atoms. The molecule has 10 nitrogen and oxygen atoms in total. The zero-order valence-corrected chi connectivity index (χ0v) is 21.4. The Morgan fingerprint density at radius 1 is 1.22 bits per heavy atom. The lowest BCUT2D eigenvalue weighted by Gasteiger charge is -2.26. The highest BCUT2D eigenvalue weighted by Gasteiger charge is 2.25. The van der Waals surface area contributed by atoms with Gasteiger partial charge in [0.1, 0.15) is 6.61 Å². The van der Waals surface area contributed by atoms with Gasteiger partial charge in [0.25, 0.3) is 5.09 Å². The fourth-order valence-electron chi connectivity index (χ4n) is 3.82. The first-order valence-electron chi connectivity index (χ1n) is 11.4. The highest BCUT2D eigenvalue weighted by Crippen LogP contribution is 2.37. The molecule has 4 rings (SSSR count). The van der Waals surface area contributed by atoms with Gasteiger partial charge in [-0.2, -0.15) is 0 Å². The Hall–Kier alpha value is -3.62. The van der Waals surface area contributed by atoms with Gasteiger partial charge >= 0.3 is 5.91 Å². The van der Waals surface area contributed by atoms with Gasteiger partial charge in [-0.1, -0.05) is 47.2 Å². The number of nitrogens with zero attached hydrogens (tertiary/aromatic N) is 4. The van der Waals surface area contributed by atoms with E-state index in [-0.39, 0.29) is 24.8 Å². The number of carbonyl (C=O) groups is 1. The molecule has 192 valence electrons. The van der Waals surface area contributed by atoms with E-state index in [0.717, 1.165) is 11.1 Å². The summed E-state index contributed by atoms with van der Waals surface area (Å²) < 4.78 is 7.07. The van der Waals surface area contributed by atoms with Crippen molar-refractivity contribution < 1.29 is 19.5 Å². The molecule has 1 aliphatic heterocycles. The molecule has 2 heterocycles. The molecule has 0 spiro atoms. The summed E-state index contributed by atoms with van der Waals surface area (Å²) in [6.45, 7) is 2.15. The average Bonchev–Trinajstić information content (AvgIpc) is 3.21. The molecule has 0 saturated carbocycles. The second-order valence-corrected chi connectivity index (χ2v) is 8.89. The zero-order valence-electron chi connectivity index (χ0n) is 19.9. The van der Waals surface area contributed by atoms with E-state index < -0.39 is 5.09 Å². The number of carbonyl (C=O) groups excluding carboxylic acids is 1. The summed E-state index contributed by atoms with van der Waals surface area (Å²) >= 11 is 12.6. The fourth-order valence-corrected chi connectivity index (χ4v) is 4.32. The molecule has 0 atom stereocenters. The second-order valence-electron chi connectivity index (χ2n) is 8.04. The summed E-state index contributed by atoms with van der Waals surface area (Å²) in [7, 11) is 1.77. The lowest BCUT2D eigenvalue weighted by Crippen LogP contribution is -2.48. The smallest absolute Gasteiger partial charge is 0.301 e. The highest BCUT2D eigenvalue weighted by atomic mass is 35.5. The van der Waals surface area contributed by atoms with E-state index in [4.69, 9.17) is 27.9 Å². The maximum atomic E-state index is 13.2. The third-order valence-electron chi connectivity index (χ3n) is 5.57. The van der Waals surface area contributed by atoms with Gasteiger partial charge in [0.05, 0.1) is 29.6 Å². The summed E-state index contributed by atoms with van der Waals surface area (Å²) in [6, 6.07) is 12.5. The number of benzene rings is 2. The van der Waals surface area contributed by atoms with Gasteiger partial charge in [0.15, 0.2) is 0 Å². The first-order chi connectivity index (χ1) is 17.8. The third kappa shape index (κ3) is 6.58. The zero-order chi connectivity index (χ0) is 26.4. The van der Waals surface area contributed by atoms with Crippen LogP contribution in [0.1, 0.15) is 22.6 Å². The molecule has 1 amide bonds. The van der Waals surface area contributed by atoms with Crippen molar-refractivity contribution in [2.24, 2.45) is 7.05 Å². The minimum atomic E-state index is -0.843. The number of aromatic nitrogens is 2. The molecule has 0 radical (unpaired) electrons. The lowest BCUT2D eigenvalue weighted by molar-refractivity contribution is -0.757. The Kier molecular flexibility index (Phi) is 8.63. The molecule has 0 aliphatic carbocycles. The van der Waals surface area contributed by atoms with Crippen molar-refractivity contribution in [1.29, 1.82) is 0 Å². The number of amides is 1. The topological polar surface area (TPSA) is 112 Å². The largest absolute Gasteiger partial charge is 0.379 e. The minimum Gasteiger partial charge on any atom is -0.379 e. The van der Waals surface area contributed by atoms with Crippen molar-refractivity contribution >= 4 is 29.1 Å². The van der Waals surface area contributed by atoms with E-state index in [2.05, 4.69) is 27.1 Å². The van der Waals surface area contributed by atoms with E-state index >= 15 is 0 Å². The van der Waals surface area contributed by atoms with E-state index in [1.54, 1.807) is 34.8 Å². The summed E-state index contributed by atoms with van der Waals surface area (Å²) in [4.78, 5) is 32.3.